The monoisotopic (exact) mass is 398 g/mol. The number of nitrogens with one attached hydrogen (secondary N) is 1. The molecule has 1 N–H and O–H groups in total. The third-order valence-electron chi connectivity index (χ3n) is 5.05. The molecule has 6 nitrogen and oxygen atoms in total. The number of ether oxygens (including phenoxy) is 1. The molecular formula is C22H23FN2O4. The minimum absolute atomic E-state index is 0.0782. The van der Waals surface area contributed by atoms with Crippen molar-refractivity contribution in [3.63, 3.8) is 0 Å². The van der Waals surface area contributed by atoms with Crippen LogP contribution in [0.5, 0.6) is 0 Å². The Labute approximate surface area is 168 Å². The van der Waals surface area contributed by atoms with Crippen LogP contribution in [-0.2, 0) is 20.7 Å². The second-order valence-corrected chi connectivity index (χ2v) is 6.99. The number of rotatable bonds is 5. The molecule has 0 atom stereocenters. The van der Waals surface area contributed by atoms with Crippen LogP contribution in [-0.4, -0.2) is 42.9 Å². The molecule has 0 spiro atoms. The summed E-state index contributed by atoms with van der Waals surface area (Å²) in [5, 5.41) is 2.80. The lowest BCUT2D eigenvalue weighted by Gasteiger charge is -2.31. The Hall–Kier alpha value is -3.22. The second kappa shape index (κ2) is 9.32. The Balaban J connectivity index is 1.55. The maximum atomic E-state index is 13.3. The summed E-state index contributed by atoms with van der Waals surface area (Å²) in [4.78, 5) is 38.6. The summed E-state index contributed by atoms with van der Waals surface area (Å²) >= 11 is 0. The van der Waals surface area contributed by atoms with E-state index in [0.29, 0.717) is 42.7 Å². The molecule has 2 amide bonds. The minimum Gasteiger partial charge on any atom is -0.465 e. The first-order chi connectivity index (χ1) is 14.0. The van der Waals surface area contributed by atoms with E-state index in [0.717, 1.165) is 0 Å². The van der Waals surface area contributed by atoms with E-state index >= 15 is 0 Å². The summed E-state index contributed by atoms with van der Waals surface area (Å²) in [6.45, 7) is 0.926. The van der Waals surface area contributed by atoms with E-state index in [4.69, 9.17) is 4.74 Å². The van der Waals surface area contributed by atoms with E-state index in [1.807, 2.05) is 0 Å². The van der Waals surface area contributed by atoms with Crippen LogP contribution in [0.1, 0.15) is 28.8 Å². The number of piperidine rings is 1. The van der Waals surface area contributed by atoms with E-state index in [9.17, 15) is 18.8 Å². The number of methoxy groups -OCH3 is 1. The van der Waals surface area contributed by atoms with Gasteiger partial charge in [-0.2, -0.15) is 0 Å². The van der Waals surface area contributed by atoms with Crippen LogP contribution in [0.3, 0.4) is 0 Å². The molecular weight excluding hydrogens is 375 g/mol. The fraction of sp³-hybridized carbons (Fsp3) is 0.318. The van der Waals surface area contributed by atoms with Gasteiger partial charge in [-0.15, -0.1) is 0 Å². The Bertz CT molecular complexity index is 907. The fourth-order valence-electron chi connectivity index (χ4n) is 3.44. The molecule has 0 aliphatic carbocycles. The lowest BCUT2D eigenvalue weighted by atomic mass is 9.95. The molecule has 1 aliphatic rings. The summed E-state index contributed by atoms with van der Waals surface area (Å²) < 4.78 is 18.0. The number of esters is 1. The van der Waals surface area contributed by atoms with Gasteiger partial charge in [0.15, 0.2) is 0 Å². The van der Waals surface area contributed by atoms with Crippen LogP contribution in [0.2, 0.25) is 0 Å². The summed E-state index contributed by atoms with van der Waals surface area (Å²) in [7, 11) is 1.29. The quantitative estimate of drug-likeness (QED) is 0.786. The van der Waals surface area contributed by atoms with Gasteiger partial charge in [0.2, 0.25) is 11.8 Å². The summed E-state index contributed by atoms with van der Waals surface area (Å²) in [5.41, 5.74) is 1.34. The summed E-state index contributed by atoms with van der Waals surface area (Å²) in [6.07, 6.45) is 1.20. The largest absolute Gasteiger partial charge is 0.465 e. The van der Waals surface area contributed by atoms with Gasteiger partial charge in [-0.3, -0.25) is 9.59 Å². The highest BCUT2D eigenvalue weighted by Gasteiger charge is 2.28. The molecule has 1 saturated heterocycles. The highest BCUT2D eigenvalue weighted by Crippen LogP contribution is 2.22. The second-order valence-electron chi connectivity index (χ2n) is 6.99. The first kappa shape index (κ1) is 20.5. The van der Waals surface area contributed by atoms with Crippen molar-refractivity contribution < 1.29 is 23.5 Å². The fourth-order valence-corrected chi connectivity index (χ4v) is 3.44. The van der Waals surface area contributed by atoms with Crippen molar-refractivity contribution in [1.29, 1.82) is 0 Å². The number of benzene rings is 2. The summed E-state index contributed by atoms with van der Waals surface area (Å²) in [5.74, 6) is -1.39. The Morgan fingerprint density at radius 3 is 2.52 bits per heavy atom. The number of hydrogen-bond acceptors (Lipinski definition) is 4. The number of para-hydroxylation sites is 1. The molecule has 1 heterocycles. The normalized spacial score (nSPS) is 14.3. The van der Waals surface area contributed by atoms with E-state index in [1.54, 1.807) is 41.3 Å². The number of amides is 2. The molecule has 2 aromatic rings. The molecule has 0 aromatic heterocycles. The predicted octanol–water partition coefficient (Wildman–Crippen LogP) is 3.03. The Morgan fingerprint density at radius 2 is 1.83 bits per heavy atom. The van der Waals surface area contributed by atoms with Gasteiger partial charge in [0, 0.05) is 19.0 Å². The van der Waals surface area contributed by atoms with E-state index in [1.165, 1.54) is 19.2 Å². The van der Waals surface area contributed by atoms with Crippen LogP contribution in [0.4, 0.5) is 10.1 Å². The zero-order chi connectivity index (χ0) is 20.8. The standard InChI is InChI=1S/C22H23FN2O4/c1-29-22(28)18-7-2-3-8-19(18)24-21(27)16-9-11-25(12-10-16)20(26)14-15-5-4-6-17(23)13-15/h2-8,13,16H,9-12,14H2,1H3,(H,24,27). The number of hydrogen-bond donors (Lipinski definition) is 1. The van der Waals surface area contributed by atoms with Crippen molar-refractivity contribution in [2.24, 2.45) is 5.92 Å². The molecule has 0 bridgehead atoms. The SMILES string of the molecule is COC(=O)c1ccccc1NC(=O)C1CCN(C(=O)Cc2cccc(F)c2)CC1. The van der Waals surface area contributed by atoms with Crippen LogP contribution in [0.15, 0.2) is 48.5 Å². The maximum Gasteiger partial charge on any atom is 0.339 e. The van der Waals surface area contributed by atoms with Crippen molar-refractivity contribution >= 4 is 23.5 Å². The van der Waals surface area contributed by atoms with E-state index in [-0.39, 0.29) is 30.0 Å². The highest BCUT2D eigenvalue weighted by molar-refractivity contribution is 6.01. The number of halogens is 1. The van der Waals surface area contributed by atoms with Gasteiger partial charge in [0.1, 0.15) is 5.82 Å². The third-order valence-corrected chi connectivity index (χ3v) is 5.05. The van der Waals surface area contributed by atoms with Crippen molar-refractivity contribution in [2.75, 3.05) is 25.5 Å². The first-order valence-corrected chi connectivity index (χ1v) is 9.48. The van der Waals surface area contributed by atoms with Gasteiger partial charge in [-0.05, 0) is 42.7 Å². The summed E-state index contributed by atoms with van der Waals surface area (Å²) in [6, 6.07) is 12.7. The number of carbonyl (C=O) groups is 3. The average molecular weight is 398 g/mol. The molecule has 1 aliphatic heterocycles. The number of likely N-dealkylation sites (tertiary alicyclic amines) is 1. The van der Waals surface area contributed by atoms with Gasteiger partial charge < -0.3 is 15.0 Å². The Kier molecular flexibility index (Phi) is 6.59. The van der Waals surface area contributed by atoms with Gasteiger partial charge >= 0.3 is 5.97 Å². The van der Waals surface area contributed by atoms with Crippen molar-refractivity contribution in [1.82, 2.24) is 4.90 Å². The highest BCUT2D eigenvalue weighted by atomic mass is 19.1. The molecule has 152 valence electrons. The van der Waals surface area contributed by atoms with Gasteiger partial charge in [0.05, 0.1) is 24.8 Å². The van der Waals surface area contributed by atoms with Gasteiger partial charge in [-0.25, -0.2) is 9.18 Å². The maximum absolute atomic E-state index is 13.3. The predicted molar refractivity (Wildman–Crippen MR) is 106 cm³/mol. The molecule has 29 heavy (non-hydrogen) atoms. The van der Waals surface area contributed by atoms with E-state index < -0.39 is 5.97 Å². The van der Waals surface area contributed by atoms with Crippen molar-refractivity contribution in [3.05, 3.63) is 65.5 Å². The first-order valence-electron chi connectivity index (χ1n) is 9.48. The third kappa shape index (κ3) is 5.19. The number of anilines is 1. The average Bonchev–Trinajstić information content (AvgIpc) is 2.73. The molecule has 2 aromatic carbocycles. The molecule has 7 heteroatoms. The van der Waals surface area contributed by atoms with E-state index in [2.05, 4.69) is 5.32 Å². The van der Waals surface area contributed by atoms with Crippen LogP contribution >= 0.6 is 0 Å². The van der Waals surface area contributed by atoms with Gasteiger partial charge in [-0.1, -0.05) is 24.3 Å². The smallest absolute Gasteiger partial charge is 0.339 e. The van der Waals surface area contributed by atoms with Crippen LogP contribution < -0.4 is 5.32 Å². The Morgan fingerprint density at radius 1 is 1.10 bits per heavy atom. The lowest BCUT2D eigenvalue weighted by molar-refractivity contribution is -0.133. The van der Waals surface area contributed by atoms with Crippen molar-refractivity contribution in [2.45, 2.75) is 19.3 Å². The minimum atomic E-state index is -0.515. The van der Waals surface area contributed by atoms with Crippen molar-refractivity contribution in [3.8, 4) is 0 Å². The molecule has 1 fully saturated rings. The topological polar surface area (TPSA) is 75.7 Å². The van der Waals surface area contributed by atoms with Crippen LogP contribution in [0.25, 0.3) is 0 Å². The number of nitrogens with zero attached hydrogens (tertiary/aromatic N) is 1. The molecule has 0 saturated carbocycles. The molecule has 3 rings (SSSR count). The lowest BCUT2D eigenvalue weighted by Crippen LogP contribution is -2.42. The molecule has 0 unspecified atom stereocenters. The zero-order valence-electron chi connectivity index (χ0n) is 16.2. The van der Waals surface area contributed by atoms with Crippen LogP contribution in [0, 0.1) is 11.7 Å². The number of carbonyl (C=O) groups excluding carboxylic acids is 3. The van der Waals surface area contributed by atoms with Gasteiger partial charge in [0.25, 0.3) is 0 Å². The molecule has 0 radical (unpaired) electrons. The zero-order valence-corrected chi connectivity index (χ0v) is 16.2.